The maximum atomic E-state index is 12.4. The van der Waals surface area contributed by atoms with Crippen LogP contribution in [0, 0.1) is 0 Å². The monoisotopic (exact) mass is 284 g/mol. The van der Waals surface area contributed by atoms with Crippen LogP contribution in [0.4, 0.5) is 0 Å². The van der Waals surface area contributed by atoms with E-state index in [1.165, 1.54) is 5.56 Å². The second-order valence-corrected chi connectivity index (χ2v) is 6.65. The van der Waals surface area contributed by atoms with Gasteiger partial charge in [-0.15, -0.1) is 0 Å². The van der Waals surface area contributed by atoms with E-state index in [-0.39, 0.29) is 0 Å². The van der Waals surface area contributed by atoms with Crippen LogP contribution in [-0.4, -0.2) is 26.0 Å². The molecule has 1 aliphatic heterocycles. The number of hydrogen-bond acceptors (Lipinski definition) is 4. The summed E-state index contributed by atoms with van der Waals surface area (Å²) in [5.41, 5.74) is 2.39. The van der Waals surface area contributed by atoms with Gasteiger partial charge in [-0.1, -0.05) is 12.1 Å². The first-order valence-electron chi connectivity index (χ1n) is 6.79. The van der Waals surface area contributed by atoms with Crippen LogP contribution in [0.2, 0.25) is 0 Å². The van der Waals surface area contributed by atoms with Gasteiger partial charge in [0, 0.05) is 6.42 Å². The minimum atomic E-state index is -2.94. The summed E-state index contributed by atoms with van der Waals surface area (Å²) in [6, 6.07) is 6.14. The van der Waals surface area contributed by atoms with E-state index >= 15 is 0 Å². The fourth-order valence-electron chi connectivity index (χ4n) is 2.22. The minimum Gasteiger partial charge on any atom is -0.493 e. The molecule has 106 valence electrons. The molecule has 4 nitrogen and oxygen atoms in total. The highest BCUT2D eigenvalue weighted by atomic mass is 31.2. The van der Waals surface area contributed by atoms with E-state index in [2.05, 4.69) is 6.07 Å². The highest BCUT2D eigenvalue weighted by Crippen LogP contribution is 2.48. The van der Waals surface area contributed by atoms with Crippen LogP contribution in [0.5, 0.6) is 5.75 Å². The van der Waals surface area contributed by atoms with Crippen LogP contribution in [-0.2, 0) is 26.5 Å². The maximum Gasteiger partial charge on any atom is 0.330 e. The second kappa shape index (κ2) is 6.56. The Morgan fingerprint density at radius 3 is 2.68 bits per heavy atom. The zero-order valence-electron chi connectivity index (χ0n) is 11.6. The van der Waals surface area contributed by atoms with Gasteiger partial charge in [0.15, 0.2) is 0 Å². The van der Waals surface area contributed by atoms with E-state index in [1.54, 1.807) is 0 Å². The van der Waals surface area contributed by atoms with E-state index in [0.717, 1.165) is 24.3 Å². The van der Waals surface area contributed by atoms with Crippen LogP contribution in [0.25, 0.3) is 0 Å². The van der Waals surface area contributed by atoms with E-state index in [9.17, 15) is 4.57 Å². The zero-order valence-corrected chi connectivity index (χ0v) is 12.4. The van der Waals surface area contributed by atoms with Crippen molar-refractivity contribution in [1.29, 1.82) is 0 Å². The number of fused-ring (bicyclic) bond motifs is 1. The summed E-state index contributed by atoms with van der Waals surface area (Å²) >= 11 is 0. The molecule has 0 amide bonds. The number of aryl methyl sites for hydroxylation is 1. The number of ether oxygens (including phenoxy) is 1. The molecule has 0 radical (unpaired) electrons. The summed E-state index contributed by atoms with van der Waals surface area (Å²) in [6.07, 6.45) is 2.08. The van der Waals surface area contributed by atoms with E-state index in [4.69, 9.17) is 13.8 Å². The Kier molecular flexibility index (Phi) is 5.03. The summed E-state index contributed by atoms with van der Waals surface area (Å²) in [5.74, 6) is 0.974. The molecule has 0 atom stereocenters. The predicted molar refractivity (Wildman–Crippen MR) is 75.1 cm³/mol. The van der Waals surface area contributed by atoms with Crippen molar-refractivity contribution in [1.82, 2.24) is 0 Å². The molecular weight excluding hydrogens is 263 g/mol. The lowest BCUT2D eigenvalue weighted by Gasteiger charge is -2.16. The van der Waals surface area contributed by atoms with Crippen molar-refractivity contribution < 1.29 is 18.3 Å². The Balaban J connectivity index is 1.99. The smallest absolute Gasteiger partial charge is 0.330 e. The number of hydrogen-bond donors (Lipinski definition) is 0. The highest BCUT2D eigenvalue weighted by molar-refractivity contribution is 7.53. The van der Waals surface area contributed by atoms with E-state index in [0.29, 0.717) is 25.8 Å². The molecule has 0 N–H and O–H groups in total. The van der Waals surface area contributed by atoms with Crippen LogP contribution in [0.3, 0.4) is 0 Å². The normalized spacial score (nSPS) is 14.2. The predicted octanol–water partition coefficient (Wildman–Crippen LogP) is 3.43. The van der Waals surface area contributed by atoms with Crippen molar-refractivity contribution in [2.45, 2.75) is 26.7 Å². The van der Waals surface area contributed by atoms with Gasteiger partial charge < -0.3 is 13.8 Å². The zero-order chi connectivity index (χ0) is 13.7. The molecule has 1 aromatic rings. The third kappa shape index (κ3) is 3.82. The molecule has 1 aliphatic rings. The standard InChI is InChI=1S/C14H21O4P/c1-3-17-19(15,18-4-2)10-8-12-5-6-14-13(11-12)7-9-16-14/h5-6,11H,3-4,7-10H2,1-2H3. The van der Waals surface area contributed by atoms with Gasteiger partial charge in [0.2, 0.25) is 0 Å². The van der Waals surface area contributed by atoms with Crippen LogP contribution < -0.4 is 4.74 Å². The lowest BCUT2D eigenvalue weighted by Crippen LogP contribution is -2.03. The average Bonchev–Trinajstić information content (AvgIpc) is 2.84. The molecule has 0 aliphatic carbocycles. The molecule has 1 aromatic carbocycles. The number of rotatable bonds is 7. The molecule has 0 saturated heterocycles. The van der Waals surface area contributed by atoms with E-state index < -0.39 is 7.60 Å². The summed E-state index contributed by atoms with van der Waals surface area (Å²) < 4.78 is 28.4. The molecule has 1 heterocycles. The fourth-order valence-corrected chi connectivity index (χ4v) is 3.87. The van der Waals surface area contributed by atoms with Crippen LogP contribution in [0.15, 0.2) is 18.2 Å². The molecule has 0 spiro atoms. The first-order chi connectivity index (χ1) is 9.17. The van der Waals surface area contributed by atoms with Crippen molar-refractivity contribution in [3.63, 3.8) is 0 Å². The van der Waals surface area contributed by atoms with Gasteiger partial charge in [-0.25, -0.2) is 0 Å². The van der Waals surface area contributed by atoms with Crippen molar-refractivity contribution in [3.8, 4) is 5.75 Å². The maximum absolute atomic E-state index is 12.4. The Hall–Kier alpha value is -0.830. The van der Waals surface area contributed by atoms with Gasteiger partial charge in [0.1, 0.15) is 5.75 Å². The lowest BCUT2D eigenvalue weighted by atomic mass is 10.1. The molecule has 0 unspecified atom stereocenters. The van der Waals surface area contributed by atoms with Gasteiger partial charge in [-0.05, 0) is 37.5 Å². The van der Waals surface area contributed by atoms with Gasteiger partial charge in [-0.2, -0.15) is 0 Å². The molecule has 2 rings (SSSR count). The third-order valence-corrected chi connectivity index (χ3v) is 5.15. The Morgan fingerprint density at radius 2 is 2.00 bits per heavy atom. The van der Waals surface area contributed by atoms with Crippen molar-refractivity contribution in [2.24, 2.45) is 0 Å². The Bertz CT molecular complexity index is 463. The Morgan fingerprint density at radius 1 is 1.26 bits per heavy atom. The summed E-state index contributed by atoms with van der Waals surface area (Å²) in [5, 5.41) is 0. The number of benzene rings is 1. The molecular formula is C14H21O4P. The minimum absolute atomic E-state index is 0.412. The average molecular weight is 284 g/mol. The quantitative estimate of drug-likeness (QED) is 0.720. The van der Waals surface area contributed by atoms with Crippen molar-refractivity contribution in [3.05, 3.63) is 29.3 Å². The first-order valence-corrected chi connectivity index (χ1v) is 8.52. The van der Waals surface area contributed by atoms with Crippen LogP contribution in [0.1, 0.15) is 25.0 Å². The van der Waals surface area contributed by atoms with Gasteiger partial charge in [-0.3, -0.25) is 4.57 Å². The first kappa shape index (κ1) is 14.6. The lowest BCUT2D eigenvalue weighted by molar-refractivity contribution is 0.220. The molecule has 19 heavy (non-hydrogen) atoms. The molecule has 5 heteroatoms. The van der Waals surface area contributed by atoms with Crippen molar-refractivity contribution >= 4 is 7.60 Å². The topological polar surface area (TPSA) is 44.8 Å². The van der Waals surface area contributed by atoms with Gasteiger partial charge >= 0.3 is 7.60 Å². The van der Waals surface area contributed by atoms with Crippen LogP contribution >= 0.6 is 7.60 Å². The summed E-state index contributed by atoms with van der Waals surface area (Å²) in [7, 11) is -2.94. The SMILES string of the molecule is CCOP(=O)(CCc1ccc2c(c1)CCO2)OCC. The molecule has 0 fully saturated rings. The third-order valence-electron chi connectivity index (χ3n) is 3.08. The van der Waals surface area contributed by atoms with Gasteiger partial charge in [0.05, 0.1) is 26.0 Å². The fraction of sp³-hybridized carbons (Fsp3) is 0.571. The molecule has 0 bridgehead atoms. The highest BCUT2D eigenvalue weighted by Gasteiger charge is 2.23. The van der Waals surface area contributed by atoms with E-state index in [1.807, 2.05) is 26.0 Å². The largest absolute Gasteiger partial charge is 0.493 e. The van der Waals surface area contributed by atoms with Crippen molar-refractivity contribution in [2.75, 3.05) is 26.0 Å². The molecule has 0 saturated carbocycles. The summed E-state index contributed by atoms with van der Waals surface area (Å²) in [6.45, 7) is 5.25. The van der Waals surface area contributed by atoms with Gasteiger partial charge in [0.25, 0.3) is 0 Å². The molecule has 0 aromatic heterocycles. The Labute approximate surface area is 114 Å². The second-order valence-electron chi connectivity index (χ2n) is 4.46. The summed E-state index contributed by atoms with van der Waals surface area (Å²) in [4.78, 5) is 0.